The topological polar surface area (TPSA) is 38.7 Å². The first-order valence-electron chi connectivity index (χ1n) is 19.1. The fourth-order valence-electron chi connectivity index (χ4n) is 6.26. The van der Waals surface area contributed by atoms with Crippen LogP contribution in [0.5, 0.6) is 0 Å². The van der Waals surface area contributed by atoms with Gasteiger partial charge in [0.05, 0.1) is 0 Å². The van der Waals surface area contributed by atoms with E-state index >= 15 is 0 Å². The Morgan fingerprint density at radius 1 is 0.390 bits per heavy atom. The van der Waals surface area contributed by atoms with Gasteiger partial charge in [-0.3, -0.25) is 0 Å². The zero-order valence-electron chi connectivity index (χ0n) is 29.0. The van der Waals surface area contributed by atoms with Crippen molar-refractivity contribution in [1.29, 1.82) is 0 Å². The third kappa shape index (κ3) is 28.9. The second kappa shape index (κ2) is 33.3. The molecule has 5 heteroatoms. The van der Waals surface area contributed by atoms with Gasteiger partial charge in [0, 0.05) is 0 Å². The monoisotopic (exact) mass is 601 g/mol. The molecule has 0 bridgehead atoms. The van der Waals surface area contributed by atoms with Crippen molar-refractivity contribution >= 4 is 14.8 Å². The van der Waals surface area contributed by atoms with Gasteiger partial charge in [0.2, 0.25) is 0 Å². The van der Waals surface area contributed by atoms with Gasteiger partial charge in [0.1, 0.15) is 0 Å². The molecule has 1 N–H and O–H groups in total. The first-order valence-corrected chi connectivity index (χ1v) is 21.6. The van der Waals surface area contributed by atoms with Crippen LogP contribution in [0.3, 0.4) is 0 Å². The van der Waals surface area contributed by atoms with Crippen LogP contribution in [0.25, 0.3) is 0 Å². The van der Waals surface area contributed by atoms with Crippen molar-refractivity contribution in [3.05, 3.63) is 0 Å². The predicted molar refractivity (Wildman–Crippen MR) is 190 cm³/mol. The Kier molecular flexibility index (Phi) is 33.6. The molecular weight excluding hydrogens is 522 g/mol. The molecule has 0 saturated heterocycles. The number of unbranched alkanes of at least 4 members (excludes halogenated alkanes) is 24. The Labute approximate surface area is 261 Å². The van der Waals surface area contributed by atoms with Gasteiger partial charge < -0.3 is 0 Å². The molecule has 0 saturated carbocycles. The third-order valence-corrected chi connectivity index (χ3v) is 13.6. The molecule has 248 valence electrons. The van der Waals surface area contributed by atoms with E-state index in [4.69, 9.17) is 9.10 Å². The predicted octanol–water partition coefficient (Wildman–Crippen LogP) is 12.7. The van der Waals surface area contributed by atoms with E-state index in [1.54, 1.807) is 0 Å². The van der Waals surface area contributed by atoms with Crippen molar-refractivity contribution in [2.24, 2.45) is 0 Å². The Balaban J connectivity index is 4.76. The van der Waals surface area contributed by atoms with Crippen LogP contribution in [0.4, 0.5) is 0 Å². The zero-order valence-corrected chi connectivity index (χ0v) is 30.0. The van der Waals surface area contributed by atoms with E-state index in [1.807, 2.05) is 0 Å². The van der Waals surface area contributed by atoms with E-state index in [2.05, 4.69) is 27.7 Å². The molecule has 0 spiro atoms. The Bertz CT molecular complexity index is 453. The van der Waals surface area contributed by atoms with Gasteiger partial charge in [0.25, 0.3) is 0 Å². The molecule has 0 unspecified atom stereocenters. The molecule has 0 aliphatic heterocycles. The quantitative estimate of drug-likeness (QED) is 0.0447. The summed E-state index contributed by atoms with van der Waals surface area (Å²) in [6.07, 6.45) is 40.7. The van der Waals surface area contributed by atoms with Crippen LogP contribution in [0.1, 0.15) is 207 Å². The molecular formula is C36H78BO3P. The molecule has 0 fully saturated rings. The van der Waals surface area contributed by atoms with Gasteiger partial charge in [-0.05, 0) is 0 Å². The van der Waals surface area contributed by atoms with Crippen LogP contribution in [-0.2, 0) is 9.10 Å². The average molecular weight is 601 g/mol. The summed E-state index contributed by atoms with van der Waals surface area (Å²) in [5.74, 6) is 0. The fourth-order valence-corrected chi connectivity index (χ4v) is 10.5. The van der Waals surface area contributed by atoms with Crippen LogP contribution in [0, 0.1) is 0 Å². The summed E-state index contributed by atoms with van der Waals surface area (Å²) >= 11 is 0. The van der Waals surface area contributed by atoms with E-state index < -0.39 is 14.8 Å². The molecule has 0 aromatic carbocycles. The van der Waals surface area contributed by atoms with Crippen molar-refractivity contribution in [1.82, 2.24) is 0 Å². The van der Waals surface area contributed by atoms with E-state index in [0.29, 0.717) is 6.61 Å². The number of hydrogen-bond acceptors (Lipinski definition) is 3. The van der Waals surface area contributed by atoms with Crippen molar-refractivity contribution in [3.8, 4) is 0 Å². The maximum absolute atomic E-state index is 10.9. The Morgan fingerprint density at radius 3 is 0.976 bits per heavy atom. The summed E-state index contributed by atoms with van der Waals surface area (Å²) in [5.41, 5.74) is 0. The average Bonchev–Trinajstić information content (AvgIpc) is 2.97. The second-order valence-electron chi connectivity index (χ2n) is 13.2. The van der Waals surface area contributed by atoms with Crippen molar-refractivity contribution in [3.63, 3.8) is 0 Å². The van der Waals surface area contributed by atoms with Gasteiger partial charge in [-0.1, -0.05) is 19.8 Å². The minimum atomic E-state index is -2.04. The third-order valence-electron chi connectivity index (χ3n) is 9.07. The van der Waals surface area contributed by atoms with Crippen molar-refractivity contribution < 1.29 is 14.1 Å². The van der Waals surface area contributed by atoms with E-state index in [1.165, 1.54) is 192 Å². The van der Waals surface area contributed by atoms with Gasteiger partial charge in [-0.2, -0.15) is 0 Å². The van der Waals surface area contributed by atoms with E-state index in [9.17, 15) is 5.02 Å². The minimum absolute atomic E-state index is 0.632. The summed E-state index contributed by atoms with van der Waals surface area (Å²) < 4.78 is 12.6. The van der Waals surface area contributed by atoms with Gasteiger partial charge in [-0.15, -0.1) is 0 Å². The van der Waals surface area contributed by atoms with Crippen LogP contribution in [0.2, 0.25) is 0 Å². The van der Waals surface area contributed by atoms with Crippen LogP contribution in [-0.4, -0.2) is 37.4 Å². The molecule has 3 nitrogen and oxygen atoms in total. The number of rotatable bonds is 35. The SMILES string of the molecule is CCCCCCCCCCCCOB(O)O[PH](CCCCCCCC)(CCCCCCCC)CCCCCCCC. The molecule has 0 radical (unpaired) electrons. The molecule has 0 amide bonds. The standard InChI is InChI=1S/C36H78BO3P/c1-5-9-13-17-21-22-23-24-25-29-33-39-37(38)40-41(34-30-26-18-14-10-6-2,35-31-27-19-15-11-7-3)36-32-28-20-16-12-8-4/h38,41H,5-36H2,1-4H3. The first-order chi connectivity index (χ1) is 20.1. The maximum atomic E-state index is 10.9. The van der Waals surface area contributed by atoms with Gasteiger partial charge in [-0.25, -0.2) is 0 Å². The normalized spacial score (nSPS) is 12.3. The van der Waals surface area contributed by atoms with Crippen LogP contribution < -0.4 is 0 Å². The molecule has 0 aliphatic rings. The van der Waals surface area contributed by atoms with Gasteiger partial charge in [0.15, 0.2) is 0 Å². The first kappa shape index (κ1) is 41.4. The summed E-state index contributed by atoms with van der Waals surface area (Å²) in [7, 11) is -3.05. The Hall–Kier alpha value is 0.375. The van der Waals surface area contributed by atoms with Gasteiger partial charge >= 0.3 is 242 Å². The summed E-state index contributed by atoms with van der Waals surface area (Å²) in [6, 6.07) is 0. The second-order valence-corrected chi connectivity index (χ2v) is 17.3. The van der Waals surface area contributed by atoms with E-state index in [-0.39, 0.29) is 0 Å². The molecule has 0 heterocycles. The zero-order chi connectivity index (χ0) is 30.1. The Morgan fingerprint density at radius 2 is 0.659 bits per heavy atom. The van der Waals surface area contributed by atoms with E-state index in [0.717, 1.165) is 6.42 Å². The van der Waals surface area contributed by atoms with Crippen LogP contribution in [0.15, 0.2) is 0 Å². The fraction of sp³-hybridized carbons (Fsp3) is 1.00. The summed E-state index contributed by atoms with van der Waals surface area (Å²) in [4.78, 5) is 0. The van der Waals surface area contributed by atoms with Crippen LogP contribution >= 0.6 is 7.49 Å². The molecule has 0 rings (SSSR count). The van der Waals surface area contributed by atoms with Crippen molar-refractivity contribution in [2.45, 2.75) is 207 Å². The van der Waals surface area contributed by atoms with Crippen molar-refractivity contribution in [2.75, 3.05) is 25.1 Å². The summed E-state index contributed by atoms with van der Waals surface area (Å²) in [6.45, 7) is 9.80. The molecule has 0 aliphatic carbocycles. The summed E-state index contributed by atoms with van der Waals surface area (Å²) in [5, 5.41) is 10.9. The number of hydrogen-bond donors (Lipinski definition) is 1. The molecule has 0 aromatic heterocycles. The molecule has 41 heavy (non-hydrogen) atoms. The molecule has 0 atom stereocenters. The molecule has 0 aromatic rings.